The molecule has 20 heavy (non-hydrogen) atoms. The van der Waals surface area contributed by atoms with Crippen LogP contribution in [0.5, 0.6) is 0 Å². The lowest BCUT2D eigenvalue weighted by atomic mass is 10.2. The Labute approximate surface area is 113 Å². The summed E-state index contributed by atoms with van der Waals surface area (Å²) in [6.07, 6.45) is 0. The summed E-state index contributed by atoms with van der Waals surface area (Å²) in [6, 6.07) is 6.89. The highest BCUT2D eigenvalue weighted by atomic mass is 19.1. The number of hydrogen-bond acceptors (Lipinski definition) is 3. The molecule has 0 fully saturated rings. The molecule has 0 aliphatic rings. The fourth-order valence-electron chi connectivity index (χ4n) is 1.65. The van der Waals surface area contributed by atoms with E-state index in [1.165, 1.54) is 25.2 Å². The maximum absolute atomic E-state index is 12.7. The highest BCUT2D eigenvalue weighted by molar-refractivity contribution is 5.95. The summed E-state index contributed by atoms with van der Waals surface area (Å²) in [5.41, 5.74) is 0.679. The first-order valence-electron chi connectivity index (χ1n) is 5.77. The smallest absolute Gasteiger partial charge is 0.354 e. The highest BCUT2D eigenvalue weighted by Crippen LogP contribution is 2.05. The average molecular weight is 277 g/mol. The van der Waals surface area contributed by atoms with Crippen molar-refractivity contribution in [2.24, 2.45) is 7.05 Å². The number of nitrogens with zero attached hydrogens (tertiary/aromatic N) is 2. The summed E-state index contributed by atoms with van der Waals surface area (Å²) in [6.45, 7) is 0.206. The first kappa shape index (κ1) is 13.7. The van der Waals surface area contributed by atoms with Crippen molar-refractivity contribution in [3.05, 3.63) is 53.1 Å². The quantitative estimate of drug-likeness (QED) is 0.879. The van der Waals surface area contributed by atoms with Crippen LogP contribution in [0.2, 0.25) is 0 Å². The third kappa shape index (κ3) is 3.00. The van der Waals surface area contributed by atoms with Gasteiger partial charge >= 0.3 is 5.97 Å². The molecular formula is C13H12FN3O3. The molecule has 1 aromatic heterocycles. The molecular weight excluding hydrogens is 265 g/mol. The maximum atomic E-state index is 12.7. The monoisotopic (exact) mass is 277 g/mol. The number of nitrogens with one attached hydrogen (secondary N) is 1. The summed E-state index contributed by atoms with van der Waals surface area (Å²) < 4.78 is 13.8. The molecule has 0 bridgehead atoms. The van der Waals surface area contributed by atoms with Gasteiger partial charge in [-0.2, -0.15) is 5.10 Å². The minimum Gasteiger partial charge on any atom is -0.477 e. The Balaban J connectivity index is 2.03. The molecule has 0 aliphatic carbocycles. The Morgan fingerprint density at radius 2 is 2.00 bits per heavy atom. The Kier molecular flexibility index (Phi) is 3.79. The van der Waals surface area contributed by atoms with Crippen LogP contribution >= 0.6 is 0 Å². The van der Waals surface area contributed by atoms with Crippen LogP contribution in [-0.2, 0) is 13.6 Å². The average Bonchev–Trinajstić information content (AvgIpc) is 2.80. The van der Waals surface area contributed by atoms with E-state index < -0.39 is 11.9 Å². The number of benzene rings is 1. The van der Waals surface area contributed by atoms with Gasteiger partial charge in [-0.05, 0) is 17.7 Å². The van der Waals surface area contributed by atoms with Gasteiger partial charge in [0, 0.05) is 19.7 Å². The van der Waals surface area contributed by atoms with Gasteiger partial charge in [0.15, 0.2) is 5.69 Å². The molecule has 1 amide bonds. The topological polar surface area (TPSA) is 84.2 Å². The number of halogens is 1. The van der Waals surface area contributed by atoms with Crippen LogP contribution in [0, 0.1) is 5.82 Å². The Morgan fingerprint density at radius 3 is 2.55 bits per heavy atom. The lowest BCUT2D eigenvalue weighted by molar-refractivity contribution is 0.0684. The van der Waals surface area contributed by atoms with Gasteiger partial charge in [-0.1, -0.05) is 12.1 Å². The normalized spacial score (nSPS) is 10.3. The molecule has 2 aromatic rings. The second-order valence-electron chi connectivity index (χ2n) is 4.15. The zero-order chi connectivity index (χ0) is 14.7. The van der Waals surface area contributed by atoms with E-state index in [-0.39, 0.29) is 23.7 Å². The van der Waals surface area contributed by atoms with E-state index in [1.54, 1.807) is 12.1 Å². The van der Waals surface area contributed by atoms with Gasteiger partial charge in [-0.25, -0.2) is 9.18 Å². The van der Waals surface area contributed by atoms with Gasteiger partial charge in [0.1, 0.15) is 11.5 Å². The van der Waals surface area contributed by atoms with Crippen molar-refractivity contribution in [2.75, 3.05) is 0 Å². The van der Waals surface area contributed by atoms with Crippen LogP contribution < -0.4 is 5.32 Å². The summed E-state index contributed by atoms with van der Waals surface area (Å²) >= 11 is 0. The third-order valence-electron chi connectivity index (χ3n) is 2.70. The minimum absolute atomic E-state index is 0.0204. The maximum Gasteiger partial charge on any atom is 0.354 e. The molecule has 0 aliphatic heterocycles. The molecule has 6 nitrogen and oxygen atoms in total. The highest BCUT2D eigenvalue weighted by Gasteiger charge is 2.16. The molecule has 0 saturated carbocycles. The Morgan fingerprint density at radius 1 is 1.35 bits per heavy atom. The van der Waals surface area contributed by atoms with Crippen molar-refractivity contribution in [3.8, 4) is 0 Å². The van der Waals surface area contributed by atoms with E-state index in [9.17, 15) is 14.0 Å². The number of carbonyl (C=O) groups is 2. The van der Waals surface area contributed by atoms with Crippen LogP contribution in [-0.4, -0.2) is 26.8 Å². The number of carbonyl (C=O) groups excluding carboxylic acids is 1. The molecule has 0 radical (unpaired) electrons. The van der Waals surface area contributed by atoms with Crippen LogP contribution in [0.4, 0.5) is 4.39 Å². The van der Waals surface area contributed by atoms with E-state index in [4.69, 9.17) is 5.11 Å². The largest absolute Gasteiger partial charge is 0.477 e. The van der Waals surface area contributed by atoms with Gasteiger partial charge in [-0.15, -0.1) is 0 Å². The second kappa shape index (κ2) is 5.52. The lowest BCUT2D eigenvalue weighted by Gasteiger charge is -2.03. The summed E-state index contributed by atoms with van der Waals surface area (Å²) in [4.78, 5) is 22.7. The van der Waals surface area contributed by atoms with E-state index >= 15 is 0 Å². The van der Waals surface area contributed by atoms with Crippen molar-refractivity contribution in [2.45, 2.75) is 6.54 Å². The molecule has 0 spiro atoms. The molecule has 1 heterocycles. The molecule has 2 N–H and O–H groups in total. The van der Waals surface area contributed by atoms with Crippen molar-refractivity contribution in [3.63, 3.8) is 0 Å². The van der Waals surface area contributed by atoms with Crippen molar-refractivity contribution in [1.29, 1.82) is 0 Å². The first-order valence-corrected chi connectivity index (χ1v) is 5.77. The van der Waals surface area contributed by atoms with Gasteiger partial charge < -0.3 is 10.4 Å². The van der Waals surface area contributed by atoms with Crippen molar-refractivity contribution < 1.29 is 19.1 Å². The molecule has 0 unspecified atom stereocenters. The summed E-state index contributed by atoms with van der Waals surface area (Å²) in [5, 5.41) is 15.3. The molecule has 0 saturated heterocycles. The van der Waals surface area contributed by atoms with Crippen LogP contribution in [0.1, 0.15) is 26.5 Å². The fourth-order valence-corrected chi connectivity index (χ4v) is 1.65. The van der Waals surface area contributed by atoms with E-state index in [0.717, 1.165) is 10.2 Å². The predicted octanol–water partition coefficient (Wildman–Crippen LogP) is 1.19. The second-order valence-corrected chi connectivity index (χ2v) is 4.15. The first-order chi connectivity index (χ1) is 9.47. The van der Waals surface area contributed by atoms with Gasteiger partial charge in [-0.3, -0.25) is 9.48 Å². The van der Waals surface area contributed by atoms with Crippen LogP contribution in [0.3, 0.4) is 0 Å². The SMILES string of the molecule is Cn1nc(C(=O)NCc2ccc(F)cc2)cc1C(=O)O. The number of hydrogen-bond donors (Lipinski definition) is 2. The Bertz CT molecular complexity index is 649. The molecule has 0 atom stereocenters. The summed E-state index contributed by atoms with van der Waals surface area (Å²) in [5.74, 6) is -1.99. The number of amides is 1. The lowest BCUT2D eigenvalue weighted by Crippen LogP contribution is -2.23. The van der Waals surface area contributed by atoms with E-state index in [2.05, 4.69) is 10.4 Å². The predicted molar refractivity (Wildman–Crippen MR) is 67.7 cm³/mol. The number of carboxylic acid groups (broad SMARTS) is 1. The van der Waals surface area contributed by atoms with Crippen molar-refractivity contribution in [1.82, 2.24) is 15.1 Å². The number of rotatable bonds is 4. The Hall–Kier alpha value is -2.70. The zero-order valence-corrected chi connectivity index (χ0v) is 10.6. The summed E-state index contributed by atoms with van der Waals surface area (Å²) in [7, 11) is 1.44. The van der Waals surface area contributed by atoms with E-state index in [0.29, 0.717) is 0 Å². The zero-order valence-electron chi connectivity index (χ0n) is 10.6. The van der Waals surface area contributed by atoms with Crippen LogP contribution in [0.25, 0.3) is 0 Å². The molecule has 2 rings (SSSR count). The standard InChI is InChI=1S/C13H12FN3O3/c1-17-11(13(19)20)6-10(16-17)12(18)15-7-8-2-4-9(14)5-3-8/h2-6H,7H2,1H3,(H,15,18)(H,19,20). The molecule has 7 heteroatoms. The number of aromatic nitrogens is 2. The van der Waals surface area contributed by atoms with E-state index in [1.807, 2.05) is 0 Å². The number of aromatic carboxylic acids is 1. The third-order valence-corrected chi connectivity index (χ3v) is 2.70. The van der Waals surface area contributed by atoms with Gasteiger partial charge in [0.2, 0.25) is 0 Å². The van der Waals surface area contributed by atoms with Crippen LogP contribution in [0.15, 0.2) is 30.3 Å². The molecule has 1 aromatic carbocycles. The minimum atomic E-state index is -1.16. The number of aryl methyl sites for hydroxylation is 1. The fraction of sp³-hybridized carbons (Fsp3) is 0.154. The molecule has 104 valence electrons. The van der Waals surface area contributed by atoms with Crippen molar-refractivity contribution >= 4 is 11.9 Å². The number of carboxylic acids is 1. The van der Waals surface area contributed by atoms with Gasteiger partial charge in [0.25, 0.3) is 5.91 Å². The van der Waals surface area contributed by atoms with Gasteiger partial charge in [0.05, 0.1) is 0 Å².